The van der Waals surface area contributed by atoms with Gasteiger partial charge in [0.2, 0.25) is 0 Å². The molecule has 2 unspecified atom stereocenters. The molecule has 1 aliphatic rings. The van der Waals surface area contributed by atoms with Gasteiger partial charge < -0.3 is 10.1 Å². The Kier molecular flexibility index (Phi) is 4.98. The molecule has 0 spiro atoms. The lowest BCUT2D eigenvalue weighted by molar-refractivity contribution is -0.385. The zero-order valence-corrected chi connectivity index (χ0v) is 12.4. The summed E-state index contributed by atoms with van der Waals surface area (Å²) in [6.07, 6.45) is 5.40. The highest BCUT2D eigenvalue weighted by Gasteiger charge is 2.22. The second-order valence-corrected chi connectivity index (χ2v) is 5.72. The average molecular weight is 296 g/mol. The fourth-order valence-corrected chi connectivity index (χ4v) is 2.81. The quantitative estimate of drug-likeness (QED) is 0.515. The van der Waals surface area contributed by atoms with Crippen LogP contribution in [0.1, 0.15) is 39.0 Å². The monoisotopic (exact) mass is 296 g/mol. The second kappa shape index (κ2) is 6.74. The van der Waals surface area contributed by atoms with Crippen molar-refractivity contribution in [3.63, 3.8) is 0 Å². The molecule has 0 amide bonds. The van der Waals surface area contributed by atoms with Gasteiger partial charge in [0.25, 0.3) is 0 Å². The van der Waals surface area contributed by atoms with Crippen molar-refractivity contribution in [2.45, 2.75) is 45.1 Å². The molecule has 0 bridgehead atoms. The molecule has 116 valence electrons. The van der Waals surface area contributed by atoms with Gasteiger partial charge in [0, 0.05) is 12.1 Å². The Balaban J connectivity index is 2.18. The molecule has 2 rings (SSSR count). The number of hydrogen-bond acceptors (Lipinski definition) is 4. The third kappa shape index (κ3) is 3.83. The summed E-state index contributed by atoms with van der Waals surface area (Å²) in [7, 11) is 1.34. The van der Waals surface area contributed by atoms with E-state index in [1.165, 1.54) is 19.6 Å². The van der Waals surface area contributed by atoms with Crippen LogP contribution in [0.5, 0.6) is 5.75 Å². The summed E-state index contributed by atoms with van der Waals surface area (Å²) < 4.78 is 19.0. The number of rotatable bonds is 4. The molecule has 2 atom stereocenters. The summed E-state index contributed by atoms with van der Waals surface area (Å²) in [4.78, 5) is 10.2. The second-order valence-electron chi connectivity index (χ2n) is 5.72. The molecular formula is C15H21FN2O3. The zero-order chi connectivity index (χ0) is 15.4. The number of halogens is 1. The van der Waals surface area contributed by atoms with E-state index in [0.29, 0.717) is 5.92 Å². The van der Waals surface area contributed by atoms with Crippen LogP contribution in [0.15, 0.2) is 12.1 Å². The predicted molar refractivity (Wildman–Crippen MR) is 79.3 cm³/mol. The first kappa shape index (κ1) is 15.5. The highest BCUT2D eigenvalue weighted by atomic mass is 19.1. The molecular weight excluding hydrogens is 275 g/mol. The summed E-state index contributed by atoms with van der Waals surface area (Å²) >= 11 is 0. The fraction of sp³-hybridized carbons (Fsp3) is 0.600. The molecule has 0 radical (unpaired) electrons. The van der Waals surface area contributed by atoms with E-state index >= 15 is 0 Å². The van der Waals surface area contributed by atoms with E-state index in [-0.39, 0.29) is 23.2 Å². The van der Waals surface area contributed by atoms with E-state index in [9.17, 15) is 14.5 Å². The number of hydrogen-bond donors (Lipinski definition) is 1. The largest absolute Gasteiger partial charge is 0.490 e. The molecule has 6 heteroatoms. The minimum Gasteiger partial charge on any atom is -0.490 e. The van der Waals surface area contributed by atoms with Crippen LogP contribution in [-0.4, -0.2) is 18.1 Å². The first-order chi connectivity index (χ1) is 10.0. The maximum atomic E-state index is 14.0. The van der Waals surface area contributed by atoms with Crippen molar-refractivity contribution in [1.82, 2.24) is 0 Å². The molecule has 1 saturated carbocycles. The van der Waals surface area contributed by atoms with Crippen molar-refractivity contribution in [1.29, 1.82) is 0 Å². The van der Waals surface area contributed by atoms with Crippen molar-refractivity contribution < 1.29 is 14.1 Å². The Morgan fingerprint density at radius 2 is 2.10 bits per heavy atom. The number of nitrogens with one attached hydrogen (secondary N) is 1. The van der Waals surface area contributed by atoms with Crippen molar-refractivity contribution in [2.75, 3.05) is 12.4 Å². The molecule has 1 aliphatic carbocycles. The lowest BCUT2D eigenvalue weighted by Crippen LogP contribution is -2.19. The van der Waals surface area contributed by atoms with E-state index in [1.807, 2.05) is 0 Å². The molecule has 21 heavy (non-hydrogen) atoms. The van der Waals surface area contributed by atoms with Gasteiger partial charge in [0.05, 0.1) is 23.8 Å². The van der Waals surface area contributed by atoms with Crippen LogP contribution in [-0.2, 0) is 0 Å². The van der Waals surface area contributed by atoms with Gasteiger partial charge in [-0.3, -0.25) is 10.1 Å². The highest BCUT2D eigenvalue weighted by Crippen LogP contribution is 2.33. The standard InChI is InChI=1S/C15H21FN2O3/c1-10-4-3-5-11(7-6-10)17-13-9-15(21-2)14(18(19)20)8-12(13)16/h8-11,17H,3-7H2,1-2H3. The van der Waals surface area contributed by atoms with E-state index < -0.39 is 10.7 Å². The normalized spacial score (nSPS) is 22.4. The molecule has 0 saturated heterocycles. The first-order valence-electron chi connectivity index (χ1n) is 7.29. The van der Waals surface area contributed by atoms with Crippen LogP contribution in [0.2, 0.25) is 0 Å². The number of methoxy groups -OCH3 is 1. The summed E-state index contributed by atoms with van der Waals surface area (Å²) in [6, 6.07) is 2.50. The third-order valence-electron chi connectivity index (χ3n) is 4.08. The third-order valence-corrected chi connectivity index (χ3v) is 4.08. The number of anilines is 1. The fourth-order valence-electron chi connectivity index (χ4n) is 2.81. The zero-order valence-electron chi connectivity index (χ0n) is 12.4. The number of nitrogens with zero attached hydrogens (tertiary/aromatic N) is 1. The van der Waals surface area contributed by atoms with Crippen LogP contribution in [0, 0.1) is 21.8 Å². The minimum atomic E-state index is -0.640. The molecule has 1 aromatic carbocycles. The molecule has 0 aromatic heterocycles. The lowest BCUT2D eigenvalue weighted by atomic mass is 10.0. The molecule has 1 aromatic rings. The Bertz CT molecular complexity index is 522. The SMILES string of the molecule is COc1cc(NC2CCCC(C)CC2)c(F)cc1[N+](=O)[O-]. The topological polar surface area (TPSA) is 64.4 Å². The molecule has 0 heterocycles. The van der Waals surface area contributed by atoms with E-state index in [1.54, 1.807) is 0 Å². The Labute approximate surface area is 123 Å². The van der Waals surface area contributed by atoms with E-state index in [4.69, 9.17) is 4.74 Å². The maximum Gasteiger partial charge on any atom is 0.313 e. The van der Waals surface area contributed by atoms with Crippen LogP contribution in [0.25, 0.3) is 0 Å². The van der Waals surface area contributed by atoms with Crippen molar-refractivity contribution in [3.05, 3.63) is 28.1 Å². The number of nitro benzene ring substituents is 1. The number of ether oxygens (including phenoxy) is 1. The Morgan fingerprint density at radius 3 is 2.76 bits per heavy atom. The minimum absolute atomic E-state index is 0.0749. The summed E-state index contributed by atoms with van der Waals surface area (Å²) in [5, 5.41) is 14.0. The van der Waals surface area contributed by atoms with Gasteiger partial charge in [0.1, 0.15) is 0 Å². The summed E-state index contributed by atoms with van der Waals surface area (Å²) in [6.45, 7) is 2.23. The molecule has 5 nitrogen and oxygen atoms in total. The lowest BCUT2D eigenvalue weighted by Gasteiger charge is -2.18. The van der Waals surface area contributed by atoms with E-state index in [2.05, 4.69) is 12.2 Å². The van der Waals surface area contributed by atoms with Gasteiger partial charge >= 0.3 is 5.69 Å². The smallest absolute Gasteiger partial charge is 0.313 e. The van der Waals surface area contributed by atoms with E-state index in [0.717, 1.165) is 31.7 Å². The van der Waals surface area contributed by atoms with Gasteiger partial charge in [0.15, 0.2) is 11.6 Å². The summed E-state index contributed by atoms with van der Waals surface area (Å²) in [5.41, 5.74) is -0.0768. The predicted octanol–water partition coefficient (Wildman–Crippen LogP) is 4.12. The van der Waals surface area contributed by atoms with Crippen LogP contribution in [0.4, 0.5) is 15.8 Å². The highest BCUT2D eigenvalue weighted by molar-refractivity contribution is 5.59. The number of benzene rings is 1. The first-order valence-corrected chi connectivity index (χ1v) is 7.29. The van der Waals surface area contributed by atoms with Crippen LogP contribution < -0.4 is 10.1 Å². The molecule has 1 N–H and O–H groups in total. The molecule has 0 aliphatic heterocycles. The van der Waals surface area contributed by atoms with Crippen LogP contribution >= 0.6 is 0 Å². The van der Waals surface area contributed by atoms with Crippen molar-refractivity contribution in [2.24, 2.45) is 5.92 Å². The Hall–Kier alpha value is -1.85. The maximum absolute atomic E-state index is 14.0. The van der Waals surface area contributed by atoms with Gasteiger partial charge in [-0.15, -0.1) is 0 Å². The van der Waals surface area contributed by atoms with Crippen molar-refractivity contribution in [3.8, 4) is 5.75 Å². The number of nitro groups is 1. The summed E-state index contributed by atoms with van der Waals surface area (Å²) in [5.74, 6) is 0.165. The average Bonchev–Trinajstić information content (AvgIpc) is 2.65. The van der Waals surface area contributed by atoms with Gasteiger partial charge in [-0.2, -0.15) is 0 Å². The van der Waals surface area contributed by atoms with Crippen molar-refractivity contribution >= 4 is 11.4 Å². The van der Waals surface area contributed by atoms with Gasteiger partial charge in [-0.1, -0.05) is 19.8 Å². The van der Waals surface area contributed by atoms with Gasteiger partial charge in [-0.05, 0) is 25.2 Å². The molecule has 1 fully saturated rings. The Morgan fingerprint density at radius 1 is 1.33 bits per heavy atom. The van der Waals surface area contributed by atoms with Gasteiger partial charge in [-0.25, -0.2) is 4.39 Å². The van der Waals surface area contributed by atoms with Crippen LogP contribution in [0.3, 0.4) is 0 Å².